The minimum atomic E-state index is -0.484. The second kappa shape index (κ2) is 8.85. The lowest BCUT2D eigenvalue weighted by atomic mass is 10.0. The smallest absolute Gasteiger partial charge is 0.246 e. The number of halogens is 1. The molecule has 0 heterocycles. The van der Waals surface area contributed by atoms with Crippen molar-refractivity contribution >= 4 is 23.2 Å². The second-order valence-corrected chi connectivity index (χ2v) is 7.03. The Bertz CT molecular complexity index is 925. The zero-order valence-corrected chi connectivity index (χ0v) is 16.3. The first kappa shape index (κ1) is 19.2. The van der Waals surface area contributed by atoms with Crippen molar-refractivity contribution in [1.82, 2.24) is 5.32 Å². The molecule has 0 aliphatic rings. The maximum absolute atomic E-state index is 13.1. The van der Waals surface area contributed by atoms with E-state index in [9.17, 15) is 4.79 Å². The van der Waals surface area contributed by atoms with Crippen LogP contribution in [0.4, 0.5) is 5.69 Å². The van der Waals surface area contributed by atoms with Crippen molar-refractivity contribution < 1.29 is 4.79 Å². The summed E-state index contributed by atoms with van der Waals surface area (Å²) in [7, 11) is 0. The fraction of sp³-hybridized carbons (Fsp3) is 0.174. The number of anilines is 1. The molecule has 2 N–H and O–H groups in total. The highest BCUT2D eigenvalue weighted by molar-refractivity contribution is 6.31. The highest BCUT2D eigenvalue weighted by Gasteiger charge is 2.21. The van der Waals surface area contributed by atoms with Gasteiger partial charge in [0.1, 0.15) is 6.04 Å². The molecule has 3 aromatic carbocycles. The van der Waals surface area contributed by atoms with Gasteiger partial charge in [-0.2, -0.15) is 0 Å². The van der Waals surface area contributed by atoms with Crippen LogP contribution in [-0.4, -0.2) is 5.91 Å². The number of carbonyl (C=O) groups is 1. The van der Waals surface area contributed by atoms with E-state index in [1.54, 1.807) is 0 Å². The summed E-state index contributed by atoms with van der Waals surface area (Å²) in [6.07, 6.45) is 0. The van der Waals surface area contributed by atoms with E-state index >= 15 is 0 Å². The number of hydrogen-bond donors (Lipinski definition) is 2. The van der Waals surface area contributed by atoms with Crippen LogP contribution in [0.2, 0.25) is 5.02 Å². The molecule has 4 heteroatoms. The molecule has 138 valence electrons. The summed E-state index contributed by atoms with van der Waals surface area (Å²) in [6, 6.07) is 22.9. The lowest BCUT2D eigenvalue weighted by Gasteiger charge is -2.20. The van der Waals surface area contributed by atoms with Crippen molar-refractivity contribution in [2.45, 2.75) is 26.4 Å². The summed E-state index contributed by atoms with van der Waals surface area (Å²) >= 11 is 6.26. The first-order chi connectivity index (χ1) is 13.0. The van der Waals surface area contributed by atoms with Crippen LogP contribution >= 0.6 is 11.6 Å². The third kappa shape index (κ3) is 4.97. The Hall–Kier alpha value is -2.62. The highest BCUT2D eigenvalue weighted by atomic mass is 35.5. The van der Waals surface area contributed by atoms with Gasteiger partial charge in [0, 0.05) is 17.3 Å². The van der Waals surface area contributed by atoms with E-state index in [1.807, 2.05) is 86.6 Å². The zero-order valence-electron chi connectivity index (χ0n) is 15.5. The number of benzene rings is 3. The Morgan fingerprint density at radius 1 is 0.963 bits per heavy atom. The molecular formula is C23H23ClN2O. The third-order valence-electron chi connectivity index (χ3n) is 4.50. The Morgan fingerprint density at radius 2 is 1.67 bits per heavy atom. The molecule has 0 spiro atoms. The molecule has 0 bridgehead atoms. The Labute approximate surface area is 165 Å². The molecule has 1 amide bonds. The molecular weight excluding hydrogens is 356 g/mol. The van der Waals surface area contributed by atoms with Gasteiger partial charge >= 0.3 is 0 Å². The molecule has 0 saturated heterocycles. The van der Waals surface area contributed by atoms with Crippen LogP contribution in [0.5, 0.6) is 0 Å². The van der Waals surface area contributed by atoms with Crippen molar-refractivity contribution in [2.24, 2.45) is 0 Å². The Balaban J connectivity index is 1.82. The summed E-state index contributed by atoms with van der Waals surface area (Å²) in [5, 5.41) is 7.10. The van der Waals surface area contributed by atoms with Crippen molar-refractivity contribution in [3.8, 4) is 0 Å². The molecule has 0 radical (unpaired) electrons. The normalized spacial score (nSPS) is 11.8. The minimum Gasteiger partial charge on any atom is -0.324 e. The standard InChI is InChI=1S/C23H23ClN2O/c1-16-12-13-17(2)21(14-16)26-23(27)22(18-8-4-3-5-9-18)25-15-19-10-6-7-11-20(19)24/h3-14,22,25H,15H2,1-2H3,(H,26,27)/t22-/m0/s1. The monoisotopic (exact) mass is 378 g/mol. The van der Waals surface area contributed by atoms with E-state index in [1.165, 1.54) is 0 Å². The van der Waals surface area contributed by atoms with Gasteiger partial charge in [-0.3, -0.25) is 10.1 Å². The van der Waals surface area contributed by atoms with E-state index in [0.29, 0.717) is 11.6 Å². The molecule has 3 aromatic rings. The van der Waals surface area contributed by atoms with E-state index in [0.717, 1.165) is 27.9 Å². The van der Waals surface area contributed by atoms with Gasteiger partial charge in [-0.1, -0.05) is 72.3 Å². The summed E-state index contributed by atoms with van der Waals surface area (Å²) in [6.45, 7) is 4.50. The van der Waals surface area contributed by atoms with Crippen LogP contribution in [-0.2, 0) is 11.3 Å². The summed E-state index contributed by atoms with van der Waals surface area (Å²) in [5.74, 6) is -0.0954. The average Bonchev–Trinajstić information content (AvgIpc) is 2.67. The lowest BCUT2D eigenvalue weighted by Crippen LogP contribution is -2.33. The Morgan fingerprint density at radius 3 is 2.41 bits per heavy atom. The third-order valence-corrected chi connectivity index (χ3v) is 4.87. The van der Waals surface area contributed by atoms with Crippen molar-refractivity contribution in [2.75, 3.05) is 5.32 Å². The van der Waals surface area contributed by atoms with Crippen LogP contribution < -0.4 is 10.6 Å². The first-order valence-corrected chi connectivity index (χ1v) is 9.32. The molecule has 3 rings (SSSR count). The fourth-order valence-electron chi connectivity index (χ4n) is 2.94. The first-order valence-electron chi connectivity index (χ1n) is 8.94. The number of rotatable bonds is 6. The number of amides is 1. The molecule has 27 heavy (non-hydrogen) atoms. The largest absolute Gasteiger partial charge is 0.324 e. The number of carbonyl (C=O) groups excluding carboxylic acids is 1. The van der Waals surface area contributed by atoms with E-state index in [-0.39, 0.29) is 5.91 Å². The van der Waals surface area contributed by atoms with Gasteiger partial charge in [0.25, 0.3) is 0 Å². The van der Waals surface area contributed by atoms with Crippen LogP contribution in [0.1, 0.15) is 28.3 Å². The zero-order chi connectivity index (χ0) is 19.2. The SMILES string of the molecule is Cc1ccc(C)c(NC(=O)[C@@H](NCc2ccccc2Cl)c2ccccc2)c1. The summed E-state index contributed by atoms with van der Waals surface area (Å²) < 4.78 is 0. The van der Waals surface area contributed by atoms with Crippen molar-refractivity contribution in [1.29, 1.82) is 0 Å². The predicted octanol–water partition coefficient (Wildman–Crippen LogP) is 5.43. The predicted molar refractivity (Wildman–Crippen MR) is 112 cm³/mol. The van der Waals surface area contributed by atoms with E-state index < -0.39 is 6.04 Å². The van der Waals surface area contributed by atoms with Crippen molar-refractivity contribution in [3.05, 3.63) is 100 Å². The molecule has 0 aliphatic carbocycles. The maximum atomic E-state index is 13.1. The van der Waals surface area contributed by atoms with Gasteiger partial charge in [0.05, 0.1) is 0 Å². The van der Waals surface area contributed by atoms with Gasteiger partial charge in [-0.25, -0.2) is 0 Å². The van der Waals surface area contributed by atoms with Gasteiger partial charge < -0.3 is 5.32 Å². The average molecular weight is 379 g/mol. The topological polar surface area (TPSA) is 41.1 Å². The van der Waals surface area contributed by atoms with E-state index in [2.05, 4.69) is 10.6 Å². The fourth-order valence-corrected chi connectivity index (χ4v) is 3.14. The Kier molecular flexibility index (Phi) is 6.28. The lowest BCUT2D eigenvalue weighted by molar-refractivity contribution is -0.118. The number of aryl methyl sites for hydroxylation is 2. The van der Waals surface area contributed by atoms with E-state index in [4.69, 9.17) is 11.6 Å². The summed E-state index contributed by atoms with van der Waals surface area (Å²) in [4.78, 5) is 13.1. The molecule has 1 atom stereocenters. The molecule has 0 fully saturated rings. The number of nitrogens with one attached hydrogen (secondary N) is 2. The van der Waals surface area contributed by atoms with Gasteiger partial charge in [-0.05, 0) is 48.2 Å². The quantitative estimate of drug-likeness (QED) is 0.600. The second-order valence-electron chi connectivity index (χ2n) is 6.62. The van der Waals surface area contributed by atoms with Crippen LogP contribution in [0.15, 0.2) is 72.8 Å². The van der Waals surface area contributed by atoms with Gasteiger partial charge in [0.2, 0.25) is 5.91 Å². The maximum Gasteiger partial charge on any atom is 0.246 e. The number of hydrogen-bond acceptors (Lipinski definition) is 2. The molecule has 0 saturated carbocycles. The molecule has 0 unspecified atom stereocenters. The molecule has 0 aliphatic heterocycles. The van der Waals surface area contributed by atoms with Gasteiger partial charge in [0.15, 0.2) is 0 Å². The highest BCUT2D eigenvalue weighted by Crippen LogP contribution is 2.22. The van der Waals surface area contributed by atoms with Crippen LogP contribution in [0, 0.1) is 13.8 Å². The molecule has 3 nitrogen and oxygen atoms in total. The summed E-state index contributed by atoms with van der Waals surface area (Å²) in [5.41, 5.74) is 4.84. The van der Waals surface area contributed by atoms with Crippen LogP contribution in [0.25, 0.3) is 0 Å². The van der Waals surface area contributed by atoms with Crippen molar-refractivity contribution in [3.63, 3.8) is 0 Å². The van der Waals surface area contributed by atoms with Crippen LogP contribution in [0.3, 0.4) is 0 Å². The minimum absolute atomic E-state index is 0.0954. The molecule has 0 aromatic heterocycles. The van der Waals surface area contributed by atoms with Gasteiger partial charge in [-0.15, -0.1) is 0 Å².